The van der Waals surface area contributed by atoms with Crippen LogP contribution in [-0.4, -0.2) is 53.2 Å². The van der Waals surface area contributed by atoms with Crippen LogP contribution in [0.4, 0.5) is 10.3 Å². The van der Waals surface area contributed by atoms with Gasteiger partial charge in [-0.25, -0.2) is 0 Å². The number of carbonyl (C=O) groups is 1. The van der Waals surface area contributed by atoms with Gasteiger partial charge in [0, 0.05) is 32.1 Å². The topological polar surface area (TPSA) is 96.2 Å². The molecule has 3 rings (SSSR count). The Bertz CT molecular complexity index is 516. The third-order valence-corrected chi connectivity index (χ3v) is 5.62. The summed E-state index contributed by atoms with van der Waals surface area (Å²) in [6.45, 7) is 7.76. The summed E-state index contributed by atoms with van der Waals surface area (Å²) in [5.41, 5.74) is 4.50. The second-order valence-electron chi connectivity index (χ2n) is 6.72. The van der Waals surface area contributed by atoms with Crippen LogP contribution < -0.4 is 16.4 Å². The maximum absolute atomic E-state index is 11.0. The molecule has 156 valence electrons. The molecule has 1 atom stereocenters. The normalized spacial score (nSPS) is 21.0. The molecule has 27 heavy (non-hydrogen) atoms. The Morgan fingerprint density at radius 1 is 1.04 bits per heavy atom. The van der Waals surface area contributed by atoms with Gasteiger partial charge in [-0.3, -0.25) is 9.69 Å². The number of hydrogen-bond donors (Lipinski definition) is 3. The van der Waals surface area contributed by atoms with E-state index >= 15 is 0 Å². The summed E-state index contributed by atoms with van der Waals surface area (Å²) in [6.07, 6.45) is 10.9. The summed E-state index contributed by atoms with van der Waals surface area (Å²) in [5, 5.41) is 15.6. The Morgan fingerprint density at radius 2 is 1.63 bits per heavy atom. The summed E-state index contributed by atoms with van der Waals surface area (Å²) in [4.78, 5) is 13.7. The molecule has 1 saturated carbocycles. The van der Waals surface area contributed by atoms with Crippen LogP contribution in [0, 0.1) is 0 Å². The van der Waals surface area contributed by atoms with E-state index in [4.69, 9.17) is 0 Å². The van der Waals surface area contributed by atoms with Gasteiger partial charge < -0.3 is 16.4 Å². The maximum Gasteiger partial charge on any atom is 0.223 e. The van der Waals surface area contributed by atoms with Gasteiger partial charge in [0.05, 0.1) is 0 Å². The quantitative estimate of drug-likeness (QED) is 0.716. The molecular formula is C19H38N6OS. The number of nitrogens with one attached hydrogen (secondary N) is 2. The number of carbonyl (C=O) groups excluding carboxylic acids is 1. The molecule has 2 aliphatic rings. The van der Waals surface area contributed by atoms with Crippen molar-refractivity contribution >= 4 is 27.5 Å². The van der Waals surface area contributed by atoms with Crippen molar-refractivity contribution < 1.29 is 4.79 Å². The van der Waals surface area contributed by atoms with Gasteiger partial charge in [0.2, 0.25) is 16.2 Å². The summed E-state index contributed by atoms with van der Waals surface area (Å²) >= 11 is 1.41. The smallest absolute Gasteiger partial charge is 0.223 e. The van der Waals surface area contributed by atoms with Gasteiger partial charge in [0.1, 0.15) is 0 Å². The largest absolute Gasteiger partial charge is 0.356 e. The highest BCUT2D eigenvalue weighted by Gasteiger charge is 2.28. The van der Waals surface area contributed by atoms with Crippen molar-refractivity contribution in [3.05, 3.63) is 0 Å². The summed E-state index contributed by atoms with van der Waals surface area (Å²) in [5.74, 6) is -0.107. The number of likely N-dealkylation sites (tertiary alicyclic amines) is 1. The van der Waals surface area contributed by atoms with E-state index < -0.39 is 0 Å². The second-order valence-corrected chi connectivity index (χ2v) is 7.69. The molecule has 1 unspecified atom stereocenters. The Labute approximate surface area is 168 Å². The molecule has 1 aromatic rings. The van der Waals surface area contributed by atoms with Crippen LogP contribution in [0.2, 0.25) is 0 Å². The Balaban J connectivity index is 0.000000855. The van der Waals surface area contributed by atoms with Gasteiger partial charge in [-0.1, -0.05) is 57.3 Å². The van der Waals surface area contributed by atoms with E-state index in [0.717, 1.165) is 24.1 Å². The number of hydrogen-bond acceptors (Lipinski definition) is 7. The molecule has 1 saturated heterocycles. The third-order valence-electron chi connectivity index (χ3n) is 4.85. The molecule has 1 aliphatic heterocycles. The highest BCUT2D eigenvalue weighted by atomic mass is 32.1. The van der Waals surface area contributed by atoms with E-state index in [-0.39, 0.29) is 5.91 Å². The van der Waals surface area contributed by atoms with Crippen molar-refractivity contribution in [2.75, 3.05) is 30.8 Å². The van der Waals surface area contributed by atoms with Crippen LogP contribution in [-0.2, 0) is 4.79 Å². The molecule has 7 nitrogen and oxygen atoms in total. The predicted octanol–water partition coefficient (Wildman–Crippen LogP) is 3.70. The number of nitrogens with two attached hydrogens (primary N) is 1. The van der Waals surface area contributed by atoms with Gasteiger partial charge in [0.25, 0.3) is 0 Å². The predicted molar refractivity (Wildman–Crippen MR) is 115 cm³/mol. The van der Waals surface area contributed by atoms with Crippen LogP contribution in [0.3, 0.4) is 0 Å². The lowest BCUT2D eigenvalue weighted by molar-refractivity contribution is -0.114. The van der Waals surface area contributed by atoms with Gasteiger partial charge >= 0.3 is 0 Å². The molecule has 1 amide bonds. The number of nitrogens with zero attached hydrogens (tertiary/aromatic N) is 3. The maximum atomic E-state index is 11.0. The molecule has 0 radical (unpaired) electrons. The molecule has 0 bridgehead atoms. The van der Waals surface area contributed by atoms with E-state index in [9.17, 15) is 4.79 Å². The Hall–Kier alpha value is -1.25. The van der Waals surface area contributed by atoms with Crippen molar-refractivity contribution in [1.29, 1.82) is 0 Å². The van der Waals surface area contributed by atoms with Crippen molar-refractivity contribution in [3.8, 4) is 0 Å². The number of aromatic nitrogens is 2. The average molecular weight is 399 g/mol. The summed E-state index contributed by atoms with van der Waals surface area (Å²) in [6, 6.07) is 1.21. The van der Waals surface area contributed by atoms with E-state index in [0.29, 0.717) is 11.2 Å². The highest BCUT2D eigenvalue weighted by molar-refractivity contribution is 7.19. The van der Waals surface area contributed by atoms with Crippen LogP contribution >= 0.6 is 11.3 Å². The van der Waals surface area contributed by atoms with Crippen molar-refractivity contribution in [2.45, 2.75) is 84.2 Å². The fourth-order valence-electron chi connectivity index (χ4n) is 3.69. The summed E-state index contributed by atoms with van der Waals surface area (Å²) in [7, 11) is 1.50. The van der Waals surface area contributed by atoms with E-state index in [1.807, 2.05) is 13.8 Å². The fourth-order valence-corrected chi connectivity index (χ4v) is 4.46. The number of amides is 1. The highest BCUT2D eigenvalue weighted by Crippen LogP contribution is 2.27. The molecule has 0 aromatic carbocycles. The van der Waals surface area contributed by atoms with Gasteiger partial charge in [-0.15, -0.1) is 10.2 Å². The first-order chi connectivity index (χ1) is 13.2. The zero-order valence-electron chi connectivity index (χ0n) is 17.5. The second kappa shape index (κ2) is 13.8. The van der Waals surface area contributed by atoms with Crippen LogP contribution in [0.15, 0.2) is 0 Å². The van der Waals surface area contributed by atoms with Crippen LogP contribution in [0.25, 0.3) is 0 Å². The third kappa shape index (κ3) is 8.53. The molecule has 1 aromatic heterocycles. The number of rotatable bonds is 4. The minimum absolute atomic E-state index is 0.107. The van der Waals surface area contributed by atoms with E-state index in [1.165, 1.54) is 76.8 Å². The molecule has 1 aliphatic carbocycles. The average Bonchev–Trinajstić information content (AvgIpc) is 3.28. The molecule has 8 heteroatoms. The molecule has 2 fully saturated rings. The van der Waals surface area contributed by atoms with Crippen molar-refractivity contribution in [2.24, 2.45) is 5.73 Å². The zero-order valence-corrected chi connectivity index (χ0v) is 18.3. The Kier molecular flexibility index (Phi) is 12.2. The molecule has 0 spiro atoms. The molecule has 4 N–H and O–H groups in total. The SMILES string of the molecule is CC.CC(=O)Nc1nnc(NC2CCN(C3CCCCCCC3)C2)s1.CN. The van der Waals surface area contributed by atoms with Gasteiger partial charge in [-0.2, -0.15) is 0 Å². The lowest BCUT2D eigenvalue weighted by Crippen LogP contribution is -2.35. The lowest BCUT2D eigenvalue weighted by Gasteiger charge is -2.29. The summed E-state index contributed by atoms with van der Waals surface area (Å²) < 4.78 is 0. The van der Waals surface area contributed by atoms with E-state index in [2.05, 4.69) is 31.5 Å². The minimum atomic E-state index is -0.107. The standard InChI is InChI=1S/C16H27N5OS.C2H6.CH5N/c1-12(22)17-15-19-20-16(23-15)18-13-9-10-21(11-13)14-7-5-3-2-4-6-8-14;2*1-2/h13-14H,2-11H2,1H3,(H,18,20)(H,17,19,22);1-2H3;2H2,1H3. The van der Waals surface area contributed by atoms with Crippen LogP contribution in [0.5, 0.6) is 0 Å². The van der Waals surface area contributed by atoms with Gasteiger partial charge in [0.15, 0.2) is 0 Å². The zero-order chi connectivity index (χ0) is 20.1. The lowest BCUT2D eigenvalue weighted by atomic mass is 9.96. The Morgan fingerprint density at radius 3 is 2.26 bits per heavy atom. The van der Waals surface area contributed by atoms with Gasteiger partial charge in [-0.05, 0) is 26.3 Å². The van der Waals surface area contributed by atoms with Crippen molar-refractivity contribution in [3.63, 3.8) is 0 Å². The first-order valence-corrected chi connectivity index (χ1v) is 11.2. The fraction of sp³-hybridized carbons (Fsp3) is 0.842. The molecular weight excluding hydrogens is 360 g/mol. The molecule has 2 heterocycles. The monoisotopic (exact) mass is 398 g/mol. The number of anilines is 2. The van der Waals surface area contributed by atoms with Crippen LogP contribution in [0.1, 0.15) is 72.1 Å². The first-order valence-electron chi connectivity index (χ1n) is 10.4. The van der Waals surface area contributed by atoms with Crippen molar-refractivity contribution in [1.82, 2.24) is 15.1 Å². The minimum Gasteiger partial charge on any atom is -0.356 e. The first kappa shape index (κ1) is 23.8. The van der Waals surface area contributed by atoms with E-state index in [1.54, 1.807) is 0 Å².